The lowest BCUT2D eigenvalue weighted by atomic mass is 9.86. The topological polar surface area (TPSA) is 84.4 Å². The molecule has 0 aliphatic carbocycles. The Kier molecular flexibility index (Phi) is 11.6. The van der Waals surface area contributed by atoms with Crippen LogP contribution in [0.15, 0.2) is 131 Å². The first-order valence-electron chi connectivity index (χ1n) is 21.5. The molecule has 2 aromatic carbocycles. The number of hydrogen-bond acceptors (Lipinski definition) is 7. The number of carbonyl (C=O) groups excluding carboxylic acids is 1. The molecule has 2 atom stereocenters. The number of carbonyl (C=O) groups is 1. The van der Waals surface area contributed by atoms with Gasteiger partial charge in [0.15, 0.2) is 17.1 Å². The van der Waals surface area contributed by atoms with Crippen molar-refractivity contribution >= 4 is 40.3 Å². The summed E-state index contributed by atoms with van der Waals surface area (Å²) >= 11 is 14.4. The van der Waals surface area contributed by atoms with E-state index < -0.39 is 52.6 Å². The summed E-state index contributed by atoms with van der Waals surface area (Å²) in [5, 5.41) is -0.452. The van der Waals surface area contributed by atoms with Gasteiger partial charge in [-0.15, -0.1) is 0 Å². The fourth-order valence-electron chi connectivity index (χ4n) is 9.76. The van der Waals surface area contributed by atoms with E-state index in [2.05, 4.69) is 9.97 Å². The number of furan rings is 2. The van der Waals surface area contributed by atoms with E-state index in [0.29, 0.717) is 63.0 Å². The number of nitrogens with zero attached hydrogens (tertiary/aromatic N) is 6. The van der Waals surface area contributed by atoms with Crippen molar-refractivity contribution in [3.05, 3.63) is 166 Å². The van der Waals surface area contributed by atoms with E-state index in [0.717, 1.165) is 32.1 Å². The largest absolute Gasteiger partial charge is 0.472 e. The van der Waals surface area contributed by atoms with Crippen molar-refractivity contribution in [3.63, 3.8) is 0 Å². The maximum Gasteiger partial charge on any atom is 0.420 e. The summed E-state index contributed by atoms with van der Waals surface area (Å²) in [7, 11) is 0. The van der Waals surface area contributed by atoms with E-state index in [4.69, 9.17) is 32.0 Å². The van der Waals surface area contributed by atoms with E-state index in [-0.39, 0.29) is 44.7 Å². The van der Waals surface area contributed by atoms with Crippen molar-refractivity contribution in [3.8, 4) is 22.3 Å². The maximum absolute atomic E-state index is 16.1. The molecule has 8 aromatic rings. The highest BCUT2D eigenvalue weighted by Crippen LogP contribution is 2.45. The van der Waals surface area contributed by atoms with Crippen molar-refractivity contribution in [2.45, 2.75) is 62.0 Å². The summed E-state index contributed by atoms with van der Waals surface area (Å²) in [4.78, 5) is 29.0. The summed E-state index contributed by atoms with van der Waals surface area (Å²) in [6.07, 6.45) is 0.703. The second-order valence-corrected chi connectivity index (χ2v) is 17.6. The number of alkyl halides is 6. The van der Waals surface area contributed by atoms with Crippen LogP contribution in [-0.2, 0) is 17.1 Å². The van der Waals surface area contributed by atoms with Gasteiger partial charge in [-0.1, -0.05) is 83.9 Å². The predicted octanol–water partition coefficient (Wildman–Crippen LogP) is 13.0. The van der Waals surface area contributed by atoms with Crippen molar-refractivity contribution < 1.29 is 40.0 Å². The molecule has 2 fully saturated rings. The Hall–Kier alpha value is -5.87. The molecule has 66 heavy (non-hydrogen) atoms. The number of rotatable bonds is 10. The van der Waals surface area contributed by atoms with E-state index in [1.165, 1.54) is 49.6 Å². The summed E-state index contributed by atoms with van der Waals surface area (Å²) in [6, 6.07) is 22.0. The molecular weight excluding hydrogens is 905 g/mol. The van der Waals surface area contributed by atoms with Gasteiger partial charge < -0.3 is 8.83 Å². The van der Waals surface area contributed by atoms with Gasteiger partial charge in [-0.25, -0.2) is 9.97 Å². The van der Waals surface area contributed by atoms with Gasteiger partial charge >= 0.3 is 12.4 Å². The molecular formula is C49H40Cl2F6N6O3. The SMILES string of the molecule is O=C(C(c1nc2c(C(F)(F)F)cc(-c3ccoc3)cn2c1Cl)N1CCC(c2ccccc2)CC1)C(c1nc2c(C(F)(F)F)cc(-c3ccoc3)cn2c1Cl)N1CCC(c2ccccc2)CC1. The Morgan fingerprint density at radius 2 is 0.955 bits per heavy atom. The lowest BCUT2D eigenvalue weighted by Gasteiger charge is -2.41. The second-order valence-electron chi connectivity index (χ2n) is 16.9. The molecule has 0 saturated carbocycles. The van der Waals surface area contributed by atoms with Crippen LogP contribution in [0.25, 0.3) is 33.5 Å². The lowest BCUT2D eigenvalue weighted by Crippen LogP contribution is -2.47. The molecule has 8 heterocycles. The Labute approximate surface area is 384 Å². The molecule has 0 amide bonds. The molecule has 10 rings (SSSR count). The molecule has 2 saturated heterocycles. The number of fused-ring (bicyclic) bond motifs is 2. The van der Waals surface area contributed by atoms with Crippen LogP contribution in [-0.4, -0.2) is 60.5 Å². The molecule has 0 spiro atoms. The molecule has 0 N–H and O–H groups in total. The van der Waals surface area contributed by atoms with Crippen LogP contribution >= 0.6 is 23.2 Å². The third kappa shape index (κ3) is 8.20. The number of piperidine rings is 2. The van der Waals surface area contributed by atoms with Crippen LogP contribution in [0.1, 0.15) is 83.2 Å². The molecule has 2 unspecified atom stereocenters. The fraction of sp³-hybridized carbons (Fsp3) is 0.286. The lowest BCUT2D eigenvalue weighted by molar-refractivity contribution is -0.137. The zero-order valence-corrected chi connectivity index (χ0v) is 36.5. The average molecular weight is 946 g/mol. The second kappa shape index (κ2) is 17.4. The molecule has 0 radical (unpaired) electrons. The zero-order valence-electron chi connectivity index (χ0n) is 34.9. The number of aromatic nitrogens is 4. The number of likely N-dealkylation sites (tertiary alicyclic amines) is 2. The van der Waals surface area contributed by atoms with Gasteiger partial charge in [-0.2, -0.15) is 26.3 Å². The quantitative estimate of drug-likeness (QED) is 0.126. The smallest absolute Gasteiger partial charge is 0.420 e. The van der Waals surface area contributed by atoms with E-state index in [9.17, 15) is 0 Å². The third-order valence-corrected chi connectivity index (χ3v) is 13.8. The maximum atomic E-state index is 16.1. The van der Waals surface area contributed by atoms with Crippen molar-refractivity contribution in [1.82, 2.24) is 28.6 Å². The van der Waals surface area contributed by atoms with Gasteiger partial charge in [-0.05, 0) is 99.1 Å². The van der Waals surface area contributed by atoms with Gasteiger partial charge in [0.1, 0.15) is 33.8 Å². The van der Waals surface area contributed by atoms with Gasteiger partial charge in [0.05, 0.1) is 36.2 Å². The number of halogens is 8. The van der Waals surface area contributed by atoms with Crippen molar-refractivity contribution in [2.24, 2.45) is 0 Å². The molecule has 2 aliphatic heterocycles. The van der Waals surface area contributed by atoms with Gasteiger partial charge in [0.25, 0.3) is 0 Å². The number of Topliss-reactive ketones (excluding diaryl/α,β-unsaturated/α-hetero) is 1. The summed E-state index contributed by atoms with van der Waals surface area (Å²) in [5.74, 6) is -0.348. The van der Waals surface area contributed by atoms with Crippen molar-refractivity contribution in [1.29, 1.82) is 0 Å². The third-order valence-electron chi connectivity index (χ3n) is 13.1. The Morgan fingerprint density at radius 1 is 0.576 bits per heavy atom. The minimum atomic E-state index is -4.89. The van der Waals surface area contributed by atoms with Crippen LogP contribution in [0.4, 0.5) is 26.3 Å². The number of ketones is 1. The standard InChI is InChI=1S/C49H40Cl2F6N6O3/c50-44-39(58-46-37(48(52,53)54)23-35(25-62(44)46)33-15-21-65-27-33)41(60-17-11-31(12-18-60)29-7-3-1-4-8-29)43(64)42(61-19-13-32(14-20-61)30-9-5-2-6-10-30)40-45(51)63-26-36(34-16-22-66-28-34)24-38(47(63)59-40)49(55,56)57/h1-10,15-16,21-28,31-32,41-42H,11-14,17-20H2. The van der Waals surface area contributed by atoms with Crippen LogP contribution in [0, 0.1) is 0 Å². The molecule has 0 bridgehead atoms. The van der Waals surface area contributed by atoms with E-state index in [1.807, 2.05) is 70.5 Å². The molecule has 2 aliphatic rings. The van der Waals surface area contributed by atoms with E-state index >= 15 is 31.1 Å². The fourth-order valence-corrected chi connectivity index (χ4v) is 10.3. The van der Waals surface area contributed by atoms with Gasteiger partial charge in [0, 0.05) is 34.6 Å². The molecule has 6 aromatic heterocycles. The van der Waals surface area contributed by atoms with Gasteiger partial charge in [0.2, 0.25) is 0 Å². The van der Waals surface area contributed by atoms with E-state index in [1.54, 1.807) is 0 Å². The zero-order chi connectivity index (χ0) is 45.9. The predicted molar refractivity (Wildman–Crippen MR) is 236 cm³/mol. The monoisotopic (exact) mass is 944 g/mol. The number of pyridine rings is 2. The Bertz CT molecular complexity index is 2790. The highest BCUT2D eigenvalue weighted by Gasteiger charge is 2.46. The first-order valence-corrected chi connectivity index (χ1v) is 22.2. The minimum absolute atomic E-state index is 0.120. The number of imidazole rings is 2. The van der Waals surface area contributed by atoms with Gasteiger partial charge in [-0.3, -0.25) is 23.4 Å². The Morgan fingerprint density at radius 3 is 1.29 bits per heavy atom. The molecule has 17 heteroatoms. The normalized spacial score (nSPS) is 17.2. The minimum Gasteiger partial charge on any atom is -0.472 e. The Balaban J connectivity index is 1.15. The number of hydrogen-bond donors (Lipinski definition) is 0. The highest BCUT2D eigenvalue weighted by atomic mass is 35.5. The van der Waals surface area contributed by atoms with Crippen molar-refractivity contribution in [2.75, 3.05) is 26.2 Å². The van der Waals surface area contributed by atoms with Crippen LogP contribution in [0.3, 0.4) is 0 Å². The number of benzene rings is 2. The molecule has 9 nitrogen and oxygen atoms in total. The summed E-state index contributed by atoms with van der Waals surface area (Å²) < 4.78 is 103. The molecule has 340 valence electrons. The average Bonchev–Trinajstić information content (AvgIpc) is 4.16. The summed E-state index contributed by atoms with van der Waals surface area (Å²) in [5.41, 5.74) is -0.223. The first kappa shape index (κ1) is 44.0. The van der Waals surface area contributed by atoms with Crippen LogP contribution in [0.2, 0.25) is 10.3 Å². The first-order chi connectivity index (χ1) is 31.7. The van der Waals surface area contributed by atoms with Crippen LogP contribution in [0.5, 0.6) is 0 Å². The van der Waals surface area contributed by atoms with Crippen LogP contribution < -0.4 is 0 Å². The summed E-state index contributed by atoms with van der Waals surface area (Å²) in [6.45, 7) is 1.28. The highest BCUT2D eigenvalue weighted by molar-refractivity contribution is 6.31.